The van der Waals surface area contributed by atoms with Gasteiger partial charge in [0, 0.05) is 19.1 Å². The first-order valence-electron chi connectivity index (χ1n) is 8.32. The van der Waals surface area contributed by atoms with Crippen molar-refractivity contribution in [2.24, 2.45) is 0 Å². The van der Waals surface area contributed by atoms with Gasteiger partial charge in [-0.15, -0.1) is 0 Å². The molecule has 1 aliphatic rings. The number of rotatable bonds is 6. The highest BCUT2D eigenvalue weighted by atomic mass is 16.5. The second-order valence-electron chi connectivity index (χ2n) is 6.01. The number of carbonyl (C=O) groups excluding carboxylic acids is 1. The molecular formula is C16H28N4O2. The van der Waals surface area contributed by atoms with E-state index in [-0.39, 0.29) is 12.0 Å². The largest absolute Gasteiger partial charge is 0.462 e. The van der Waals surface area contributed by atoms with Gasteiger partial charge in [0.25, 0.3) is 0 Å². The molecule has 1 aliphatic heterocycles. The Hall–Kier alpha value is -1.56. The molecule has 0 spiro atoms. The Balaban J connectivity index is 1.98. The van der Waals surface area contributed by atoms with Gasteiger partial charge in [-0.2, -0.15) is 5.10 Å². The predicted octanol–water partition coefficient (Wildman–Crippen LogP) is 2.47. The molecule has 1 aromatic rings. The van der Waals surface area contributed by atoms with Crippen LogP contribution < -0.4 is 5.73 Å². The third kappa shape index (κ3) is 3.61. The van der Waals surface area contributed by atoms with E-state index < -0.39 is 0 Å². The quantitative estimate of drug-likeness (QED) is 0.817. The Morgan fingerprint density at radius 2 is 2.14 bits per heavy atom. The number of aromatic nitrogens is 2. The van der Waals surface area contributed by atoms with Crippen molar-refractivity contribution in [2.75, 3.05) is 25.4 Å². The molecule has 0 saturated carbocycles. The molecule has 1 fully saturated rings. The van der Waals surface area contributed by atoms with E-state index in [2.05, 4.69) is 23.8 Å². The van der Waals surface area contributed by atoms with Crippen molar-refractivity contribution in [1.29, 1.82) is 0 Å². The molecular weight excluding hydrogens is 280 g/mol. The molecule has 6 nitrogen and oxygen atoms in total. The standard InChI is InChI=1S/C16H28N4O2/c1-4-6-12(3)19-9-7-13(8-10-19)20-15(17)14(11-18-20)16(21)22-5-2/h11-13H,4-10,17H2,1-3H3/t12-/m0/s1. The highest BCUT2D eigenvalue weighted by Gasteiger charge is 2.26. The summed E-state index contributed by atoms with van der Waals surface area (Å²) in [6.07, 6.45) is 6.02. The van der Waals surface area contributed by atoms with Crippen LogP contribution in [0.4, 0.5) is 5.82 Å². The molecule has 0 aliphatic carbocycles. The highest BCUT2D eigenvalue weighted by Crippen LogP contribution is 2.27. The van der Waals surface area contributed by atoms with Crippen LogP contribution in [0.1, 0.15) is 62.9 Å². The first-order chi connectivity index (χ1) is 10.6. The molecule has 0 bridgehead atoms. The van der Waals surface area contributed by atoms with E-state index in [4.69, 9.17) is 10.5 Å². The van der Waals surface area contributed by atoms with Gasteiger partial charge in [0.05, 0.1) is 18.8 Å². The van der Waals surface area contributed by atoms with Crippen molar-refractivity contribution in [3.8, 4) is 0 Å². The van der Waals surface area contributed by atoms with Gasteiger partial charge in [-0.05, 0) is 33.1 Å². The molecule has 1 atom stereocenters. The van der Waals surface area contributed by atoms with Crippen LogP contribution in [0.15, 0.2) is 6.20 Å². The summed E-state index contributed by atoms with van der Waals surface area (Å²) in [6, 6.07) is 0.907. The van der Waals surface area contributed by atoms with Gasteiger partial charge in [-0.1, -0.05) is 13.3 Å². The maximum Gasteiger partial charge on any atom is 0.343 e. The summed E-state index contributed by atoms with van der Waals surface area (Å²) in [5, 5.41) is 4.32. The molecule has 6 heteroatoms. The van der Waals surface area contributed by atoms with Gasteiger partial charge < -0.3 is 15.4 Å². The smallest absolute Gasteiger partial charge is 0.343 e. The SMILES string of the molecule is CCC[C@H](C)N1CCC(n2ncc(C(=O)OCC)c2N)CC1. The van der Waals surface area contributed by atoms with Crippen molar-refractivity contribution < 1.29 is 9.53 Å². The van der Waals surface area contributed by atoms with Crippen LogP contribution >= 0.6 is 0 Å². The first-order valence-corrected chi connectivity index (χ1v) is 8.32. The molecule has 0 aromatic carbocycles. The van der Waals surface area contributed by atoms with Gasteiger partial charge >= 0.3 is 5.97 Å². The second kappa shape index (κ2) is 7.63. The molecule has 2 heterocycles. The lowest BCUT2D eigenvalue weighted by atomic mass is 10.0. The van der Waals surface area contributed by atoms with Crippen molar-refractivity contribution in [1.82, 2.24) is 14.7 Å². The molecule has 2 N–H and O–H groups in total. The van der Waals surface area contributed by atoms with Crippen molar-refractivity contribution in [3.05, 3.63) is 11.8 Å². The van der Waals surface area contributed by atoms with Crippen LogP contribution in [0.3, 0.4) is 0 Å². The summed E-state index contributed by atoms with van der Waals surface area (Å²) in [5.41, 5.74) is 6.47. The molecule has 0 radical (unpaired) electrons. The van der Waals surface area contributed by atoms with Crippen LogP contribution in [-0.2, 0) is 4.74 Å². The van der Waals surface area contributed by atoms with E-state index in [9.17, 15) is 4.79 Å². The third-order valence-electron chi connectivity index (χ3n) is 4.50. The number of hydrogen-bond donors (Lipinski definition) is 1. The fourth-order valence-electron chi connectivity index (χ4n) is 3.20. The number of likely N-dealkylation sites (tertiary alicyclic amines) is 1. The summed E-state index contributed by atoms with van der Waals surface area (Å²) in [4.78, 5) is 14.3. The number of esters is 1. The lowest BCUT2D eigenvalue weighted by Gasteiger charge is -2.36. The molecule has 0 amide bonds. The number of anilines is 1. The fourth-order valence-corrected chi connectivity index (χ4v) is 3.20. The lowest BCUT2D eigenvalue weighted by Crippen LogP contribution is -2.40. The van der Waals surface area contributed by atoms with Crippen LogP contribution in [-0.4, -0.2) is 46.4 Å². The second-order valence-corrected chi connectivity index (χ2v) is 6.01. The molecule has 1 saturated heterocycles. The Kier molecular flexibility index (Phi) is 5.83. The zero-order valence-corrected chi connectivity index (χ0v) is 13.9. The summed E-state index contributed by atoms with van der Waals surface area (Å²) in [7, 11) is 0. The van der Waals surface area contributed by atoms with E-state index in [1.165, 1.54) is 19.0 Å². The minimum atomic E-state index is -0.389. The zero-order valence-electron chi connectivity index (χ0n) is 13.9. The average molecular weight is 308 g/mol. The molecule has 0 unspecified atom stereocenters. The van der Waals surface area contributed by atoms with Gasteiger partial charge in [-0.25, -0.2) is 9.48 Å². The van der Waals surface area contributed by atoms with E-state index in [1.54, 1.807) is 11.6 Å². The van der Waals surface area contributed by atoms with E-state index >= 15 is 0 Å². The maximum absolute atomic E-state index is 11.8. The molecule has 124 valence electrons. The minimum absolute atomic E-state index is 0.272. The van der Waals surface area contributed by atoms with E-state index in [0.717, 1.165) is 25.9 Å². The number of ether oxygens (including phenoxy) is 1. The first kappa shape index (κ1) is 16.8. The van der Waals surface area contributed by atoms with Crippen LogP contribution in [0.25, 0.3) is 0 Å². The Morgan fingerprint density at radius 3 is 2.73 bits per heavy atom. The van der Waals surface area contributed by atoms with Gasteiger partial charge in [0.15, 0.2) is 0 Å². The van der Waals surface area contributed by atoms with Crippen LogP contribution in [0, 0.1) is 0 Å². The van der Waals surface area contributed by atoms with Crippen LogP contribution in [0.5, 0.6) is 0 Å². The Labute approximate surface area is 132 Å². The van der Waals surface area contributed by atoms with Crippen molar-refractivity contribution in [3.63, 3.8) is 0 Å². The lowest BCUT2D eigenvalue weighted by molar-refractivity contribution is 0.0527. The summed E-state index contributed by atoms with van der Waals surface area (Å²) in [6.45, 7) is 8.76. The summed E-state index contributed by atoms with van der Waals surface area (Å²) < 4.78 is 6.80. The van der Waals surface area contributed by atoms with Gasteiger partial charge in [-0.3, -0.25) is 0 Å². The number of carbonyl (C=O) groups is 1. The average Bonchev–Trinajstić information content (AvgIpc) is 2.89. The Morgan fingerprint density at radius 1 is 1.45 bits per heavy atom. The monoisotopic (exact) mass is 308 g/mol. The fraction of sp³-hybridized carbons (Fsp3) is 0.750. The molecule has 2 rings (SSSR count). The zero-order chi connectivity index (χ0) is 16.1. The minimum Gasteiger partial charge on any atom is -0.462 e. The number of nitrogen functional groups attached to an aromatic ring is 1. The van der Waals surface area contributed by atoms with Crippen molar-refractivity contribution >= 4 is 11.8 Å². The number of nitrogens with zero attached hydrogens (tertiary/aromatic N) is 3. The summed E-state index contributed by atoms with van der Waals surface area (Å²) >= 11 is 0. The molecule has 1 aromatic heterocycles. The Bertz CT molecular complexity index is 492. The predicted molar refractivity (Wildman–Crippen MR) is 86.8 cm³/mol. The number of hydrogen-bond acceptors (Lipinski definition) is 5. The van der Waals surface area contributed by atoms with Crippen molar-refractivity contribution in [2.45, 2.75) is 58.5 Å². The maximum atomic E-state index is 11.8. The summed E-state index contributed by atoms with van der Waals surface area (Å²) in [5.74, 6) is 0.0405. The van der Waals surface area contributed by atoms with E-state index in [0.29, 0.717) is 24.0 Å². The topological polar surface area (TPSA) is 73.4 Å². The van der Waals surface area contributed by atoms with Crippen LogP contribution in [0.2, 0.25) is 0 Å². The third-order valence-corrected chi connectivity index (χ3v) is 4.50. The van der Waals surface area contributed by atoms with Gasteiger partial charge in [0.1, 0.15) is 11.4 Å². The highest BCUT2D eigenvalue weighted by molar-refractivity contribution is 5.93. The number of nitrogens with two attached hydrogens (primary N) is 1. The number of piperidine rings is 1. The molecule has 22 heavy (non-hydrogen) atoms. The van der Waals surface area contributed by atoms with Gasteiger partial charge in [0.2, 0.25) is 0 Å². The normalized spacial score (nSPS) is 18.3. The van der Waals surface area contributed by atoms with E-state index in [1.807, 2.05) is 0 Å².